The molecule has 0 saturated heterocycles. The summed E-state index contributed by atoms with van der Waals surface area (Å²) >= 11 is 0. The van der Waals surface area contributed by atoms with Crippen LogP contribution < -0.4 is 0 Å². The third kappa shape index (κ3) is 193. The van der Waals surface area contributed by atoms with E-state index in [4.69, 9.17) is 0 Å². The highest BCUT2D eigenvalue weighted by Gasteiger charge is 1.91. The van der Waals surface area contributed by atoms with Gasteiger partial charge in [-0.1, -0.05) is 492 Å². The molecule has 0 fully saturated rings. The number of aromatic nitrogens is 11. The van der Waals surface area contributed by atoms with Crippen LogP contribution in [-0.4, -0.2) is 54.8 Å². The number of hydrogen-bond acceptors (Lipinski definition) is 11. The standard InChI is InChI=1S/C10H8.C9H7N.2C8H6N2.C6H6.C5H5N.2C4H4N2.C4H5N.C4H4O.10C4H10.10C2H6/c1-2-6-10-8-4-3-7-9(10)5-1;1-2-6-9-8(4-1)5-3-7-10-9;1-2-4-8-7(3-1)5-9-6-10-8;1-2-4-8-7(3-1)9-5-6-10-8;2*1-2-4-6-5-3-1;1-2-6-4-3-5-1;1-2-5-4-6-3-1;2*1-2-4-5-3-1;10*1-4(2)3;10*1-2/h1-8H;1-7H;2*1-6H;1-6H;1-5H;2*1-4H;1-5H;1-4H;10*4H,1-3H3;10*1-2H3. The van der Waals surface area contributed by atoms with E-state index in [1.165, 1.54) is 22.5 Å². The molecule has 0 saturated carbocycles. The van der Waals surface area contributed by atoms with Crippen molar-refractivity contribution in [3.63, 3.8) is 0 Å². The van der Waals surface area contributed by atoms with Crippen LogP contribution in [0.25, 0.3) is 43.6 Å². The Morgan fingerprint density at radius 2 is 0.396 bits per heavy atom. The van der Waals surface area contributed by atoms with Gasteiger partial charge in [0, 0.05) is 97.5 Å². The van der Waals surface area contributed by atoms with Crippen LogP contribution in [0, 0.1) is 59.2 Å². The second kappa shape index (κ2) is 151. The van der Waals surface area contributed by atoms with E-state index in [1.54, 1.807) is 86.9 Å². The number of nitrogens with one attached hydrogen (secondary N) is 1. The molecule has 1 N–H and O–H groups in total. The van der Waals surface area contributed by atoms with Crippen LogP contribution in [0.5, 0.6) is 0 Å². The average molecular weight is 1850 g/mol. The molecular formula is C122H215N11O. The molecule has 0 amide bonds. The highest BCUT2D eigenvalue weighted by Crippen LogP contribution is 2.12. The molecule has 12 heteroatoms. The number of furan rings is 1. The number of hydrogen-bond donors (Lipinski definition) is 1. The minimum atomic E-state index is 0.833. The molecule has 8 aromatic heterocycles. The molecule has 0 aliphatic carbocycles. The molecule has 14 rings (SSSR count). The topological polar surface area (TPSA) is 158 Å². The Kier molecular flexibility index (Phi) is 181. The van der Waals surface area contributed by atoms with Gasteiger partial charge in [0.1, 0.15) is 12.7 Å². The minimum absolute atomic E-state index is 0.833. The molecule has 14 aromatic rings. The molecule has 0 radical (unpaired) electrons. The van der Waals surface area contributed by atoms with Crippen molar-refractivity contribution in [3.05, 3.63) is 330 Å². The maximum absolute atomic E-state index is 4.58. The Hall–Kier alpha value is -10.5. The van der Waals surface area contributed by atoms with E-state index in [2.05, 4.69) is 328 Å². The third-order valence-corrected chi connectivity index (χ3v) is 9.07. The monoisotopic (exact) mass is 1850 g/mol. The maximum Gasteiger partial charge on any atom is 0.116 e. The van der Waals surface area contributed by atoms with Crippen molar-refractivity contribution in [1.29, 1.82) is 0 Å². The summed E-state index contributed by atoms with van der Waals surface area (Å²) in [5.74, 6) is 8.33. The van der Waals surface area contributed by atoms with Gasteiger partial charge in [-0.3, -0.25) is 29.9 Å². The molecule has 6 aromatic carbocycles. The van der Waals surface area contributed by atoms with Crippen molar-refractivity contribution in [2.24, 2.45) is 59.2 Å². The first-order valence-electron chi connectivity index (χ1n) is 50.5. The van der Waals surface area contributed by atoms with Crippen LogP contribution in [0.2, 0.25) is 0 Å². The molecule has 0 aliphatic rings. The number of H-pyrrole nitrogens is 1. The van der Waals surface area contributed by atoms with Crippen LogP contribution >= 0.6 is 0 Å². The second-order valence-electron chi connectivity index (χ2n) is 31.6. The normalized spacial score (nSPS) is 8.15. The molecule has 0 bridgehead atoms. The summed E-state index contributed by atoms with van der Waals surface area (Å²) in [5, 5.41) is 4.91. The Morgan fingerprint density at radius 3 is 0.597 bits per heavy atom. The highest BCUT2D eigenvalue weighted by atomic mass is 16.3. The molecule has 0 aliphatic heterocycles. The van der Waals surface area contributed by atoms with Gasteiger partial charge in [0.05, 0.1) is 34.6 Å². The van der Waals surface area contributed by atoms with Gasteiger partial charge >= 0.3 is 0 Å². The first kappa shape index (κ1) is 160. The van der Waals surface area contributed by atoms with Crippen molar-refractivity contribution in [3.8, 4) is 0 Å². The number of rotatable bonds is 0. The Balaban J connectivity index is -0.0000000781. The van der Waals surface area contributed by atoms with Crippen molar-refractivity contribution in [2.75, 3.05) is 0 Å². The molecular weight excluding hydrogens is 1640 g/mol. The first-order valence-corrected chi connectivity index (χ1v) is 50.5. The van der Waals surface area contributed by atoms with Crippen molar-refractivity contribution in [1.82, 2.24) is 54.8 Å². The Morgan fingerprint density at radius 1 is 0.172 bits per heavy atom. The van der Waals surface area contributed by atoms with E-state index >= 15 is 0 Å². The lowest BCUT2D eigenvalue weighted by atomic mass is 10.1. The molecule has 0 atom stereocenters. The summed E-state index contributed by atoms with van der Waals surface area (Å²) in [4.78, 5) is 41.8. The fraction of sp³-hybridized carbons (Fsp3) is 0.492. The van der Waals surface area contributed by atoms with Gasteiger partial charge in [-0.25, -0.2) is 19.9 Å². The Labute approximate surface area is 833 Å². The smallest absolute Gasteiger partial charge is 0.116 e. The number of pyridine rings is 2. The van der Waals surface area contributed by atoms with Crippen molar-refractivity contribution >= 4 is 43.6 Å². The summed E-state index contributed by atoms with van der Waals surface area (Å²) in [6.07, 6.45) is 30.5. The van der Waals surface area contributed by atoms with Crippen molar-refractivity contribution < 1.29 is 4.42 Å². The number of aromatic amines is 1. The van der Waals surface area contributed by atoms with Gasteiger partial charge in [-0.2, -0.15) is 0 Å². The van der Waals surface area contributed by atoms with Crippen LogP contribution in [0.1, 0.15) is 346 Å². The predicted octanol–water partition coefficient (Wildman–Crippen LogP) is 41.2. The van der Waals surface area contributed by atoms with Crippen LogP contribution in [0.3, 0.4) is 0 Å². The largest absolute Gasteiger partial charge is 0.473 e. The molecule has 0 unspecified atom stereocenters. The number of benzene rings is 6. The number of nitrogens with zero attached hydrogens (tertiary/aromatic N) is 10. The number of fused-ring (bicyclic) bond motifs is 4. The van der Waals surface area contributed by atoms with Gasteiger partial charge in [0.15, 0.2) is 0 Å². The van der Waals surface area contributed by atoms with Gasteiger partial charge in [-0.05, 0) is 143 Å². The summed E-state index contributed by atoms with van der Waals surface area (Å²) in [5.41, 5.74) is 3.96. The van der Waals surface area contributed by atoms with E-state index in [9.17, 15) is 0 Å². The fourth-order valence-corrected chi connectivity index (χ4v) is 5.69. The number of para-hydroxylation sites is 4. The highest BCUT2D eigenvalue weighted by molar-refractivity contribution is 5.82. The predicted molar refractivity (Wildman–Crippen MR) is 618 cm³/mol. The first-order chi connectivity index (χ1) is 64.2. The van der Waals surface area contributed by atoms with Gasteiger partial charge in [0.2, 0.25) is 0 Å². The average Bonchev–Trinajstić information content (AvgIpc) is 1.01. The maximum atomic E-state index is 4.58. The quantitative estimate of drug-likeness (QED) is 0.154. The lowest BCUT2D eigenvalue weighted by Crippen LogP contribution is -1.78. The van der Waals surface area contributed by atoms with E-state index < -0.39 is 0 Å². The zero-order chi connectivity index (χ0) is 107. The van der Waals surface area contributed by atoms with Gasteiger partial charge in [-0.15, -0.1) is 0 Å². The van der Waals surface area contributed by atoms with E-state index in [1.807, 2.05) is 315 Å². The summed E-state index contributed by atoms with van der Waals surface area (Å²) in [6, 6.07) is 71.6. The Bertz CT molecular complexity index is 3000. The zero-order valence-corrected chi connectivity index (χ0v) is 96.3. The molecule has 8 heterocycles. The SMILES string of the molecule is CC.CC.CC.CC.CC.CC.CC.CC.CC.CC.CC(C)C.CC(C)C.CC(C)C.CC(C)C.CC(C)C.CC(C)C.CC(C)C.CC(C)C.CC(C)C.CC(C)C.c1cc[nH]c1.c1ccc2ccccc2c1.c1ccc2ncccc2c1.c1ccc2nccnc2c1.c1ccc2ncncc2c1.c1ccccc1.c1ccncc1.c1ccoc1.c1cnccn1.c1cncnc1. The van der Waals surface area contributed by atoms with E-state index in [-0.39, 0.29) is 0 Å². The molecule has 12 nitrogen and oxygen atoms in total. The lowest BCUT2D eigenvalue weighted by molar-refractivity contribution is 0.567. The molecule has 0 spiro atoms. The lowest BCUT2D eigenvalue weighted by Gasteiger charge is -1.92. The molecule has 764 valence electrons. The molecule has 134 heavy (non-hydrogen) atoms. The van der Waals surface area contributed by atoms with E-state index in [0.29, 0.717) is 0 Å². The second-order valence-corrected chi connectivity index (χ2v) is 31.6. The minimum Gasteiger partial charge on any atom is -0.473 e. The summed E-state index contributed by atoms with van der Waals surface area (Å²) < 4.78 is 4.58. The van der Waals surface area contributed by atoms with Crippen LogP contribution in [-0.2, 0) is 0 Å². The zero-order valence-electron chi connectivity index (χ0n) is 96.3. The van der Waals surface area contributed by atoms with Crippen molar-refractivity contribution in [2.45, 2.75) is 346 Å². The van der Waals surface area contributed by atoms with E-state index in [0.717, 1.165) is 86.6 Å². The third-order valence-electron chi connectivity index (χ3n) is 9.07. The van der Waals surface area contributed by atoms with Gasteiger partial charge < -0.3 is 9.40 Å². The van der Waals surface area contributed by atoms with Crippen LogP contribution in [0.15, 0.2) is 335 Å². The van der Waals surface area contributed by atoms with Gasteiger partial charge in [0.25, 0.3) is 0 Å². The fourth-order valence-electron chi connectivity index (χ4n) is 5.69. The van der Waals surface area contributed by atoms with Crippen LogP contribution in [0.4, 0.5) is 0 Å². The summed E-state index contributed by atoms with van der Waals surface area (Å²) in [7, 11) is 0. The summed E-state index contributed by atoms with van der Waals surface area (Å²) in [6.45, 7) is 105.